The first kappa shape index (κ1) is 16.5. The quantitative estimate of drug-likeness (QED) is 0.706. The van der Waals surface area contributed by atoms with Crippen molar-refractivity contribution in [3.63, 3.8) is 0 Å². The van der Waals surface area contributed by atoms with E-state index in [9.17, 15) is 5.11 Å². The molecule has 126 valence electrons. The minimum Gasteiger partial charge on any atom is -0.505 e. The molecule has 2 aromatic carbocycles. The Morgan fingerprint density at radius 3 is 2.08 bits per heavy atom. The van der Waals surface area contributed by atoms with Crippen molar-refractivity contribution in [3.8, 4) is 11.4 Å². The molecule has 0 saturated carbocycles. The molecule has 0 radical (unpaired) electrons. The molecular weight excluding hydrogens is 298 g/mol. The van der Waals surface area contributed by atoms with Gasteiger partial charge in [0.15, 0.2) is 0 Å². The summed E-state index contributed by atoms with van der Waals surface area (Å²) in [6.45, 7) is 8.68. The third kappa shape index (κ3) is 2.88. The van der Waals surface area contributed by atoms with Crippen LogP contribution in [0.3, 0.4) is 0 Å². The molecule has 0 spiro atoms. The van der Waals surface area contributed by atoms with Crippen LogP contribution in [0.2, 0.25) is 0 Å². The maximum atomic E-state index is 10.8. The van der Waals surface area contributed by atoms with E-state index in [-0.39, 0.29) is 11.7 Å². The summed E-state index contributed by atoms with van der Waals surface area (Å²) in [4.78, 5) is 1.57. The second kappa shape index (κ2) is 6.63. The Hall–Kier alpha value is -2.36. The number of aromatic hydroxyl groups is 1. The summed E-state index contributed by atoms with van der Waals surface area (Å²) in [6.07, 6.45) is 2.03. The molecule has 4 heteroatoms. The van der Waals surface area contributed by atoms with E-state index in [0.29, 0.717) is 11.6 Å². The summed E-state index contributed by atoms with van der Waals surface area (Å²) in [6, 6.07) is 11.9. The zero-order valence-corrected chi connectivity index (χ0v) is 14.8. The molecule has 3 aromatic rings. The molecule has 0 amide bonds. The Morgan fingerprint density at radius 1 is 0.958 bits per heavy atom. The minimum absolute atomic E-state index is 0.289. The van der Waals surface area contributed by atoms with Gasteiger partial charge in [-0.25, -0.2) is 0 Å². The number of nitrogens with zero attached hydrogens (tertiary/aromatic N) is 3. The standard InChI is InChI=1S/C20H25N3O/c1-5-13(3)15-11-16(14(4)6-2)20(24)19(12-15)23-21-17-9-7-8-10-18(17)22-23/h7-14,24H,5-6H2,1-4H3. The monoisotopic (exact) mass is 323 g/mol. The van der Waals surface area contributed by atoms with Gasteiger partial charge in [0.05, 0.1) is 0 Å². The molecule has 0 aliphatic rings. The SMILES string of the molecule is CCC(C)c1cc(C(C)CC)c(O)c(-n2nc3ccccc3n2)c1. The summed E-state index contributed by atoms with van der Waals surface area (Å²) in [5.74, 6) is 1.01. The number of rotatable bonds is 5. The average molecular weight is 323 g/mol. The second-order valence-corrected chi connectivity index (χ2v) is 6.57. The molecule has 2 unspecified atom stereocenters. The molecule has 0 saturated heterocycles. The Balaban J connectivity index is 2.21. The van der Waals surface area contributed by atoms with E-state index < -0.39 is 0 Å². The zero-order chi connectivity index (χ0) is 17.3. The van der Waals surface area contributed by atoms with E-state index in [0.717, 1.165) is 29.4 Å². The fourth-order valence-electron chi connectivity index (χ4n) is 2.90. The molecule has 0 bridgehead atoms. The lowest BCUT2D eigenvalue weighted by Crippen LogP contribution is -2.05. The van der Waals surface area contributed by atoms with Gasteiger partial charge in [0, 0.05) is 0 Å². The summed E-state index contributed by atoms with van der Waals surface area (Å²) in [5.41, 5.74) is 4.53. The molecule has 0 aliphatic heterocycles. The first-order valence-corrected chi connectivity index (χ1v) is 8.74. The lowest BCUT2D eigenvalue weighted by molar-refractivity contribution is 0.454. The number of aromatic nitrogens is 3. The number of fused-ring (bicyclic) bond motifs is 1. The molecular formula is C20H25N3O. The van der Waals surface area contributed by atoms with Crippen LogP contribution in [0.5, 0.6) is 5.75 Å². The highest BCUT2D eigenvalue weighted by atomic mass is 16.3. The lowest BCUT2D eigenvalue weighted by Gasteiger charge is -2.18. The highest BCUT2D eigenvalue weighted by Crippen LogP contribution is 2.36. The molecule has 3 rings (SSSR count). The van der Waals surface area contributed by atoms with Gasteiger partial charge < -0.3 is 5.11 Å². The molecule has 1 aromatic heterocycles. The maximum Gasteiger partial charge on any atom is 0.146 e. The van der Waals surface area contributed by atoms with Gasteiger partial charge >= 0.3 is 0 Å². The second-order valence-electron chi connectivity index (χ2n) is 6.57. The van der Waals surface area contributed by atoms with Crippen molar-refractivity contribution in [3.05, 3.63) is 47.5 Å². The van der Waals surface area contributed by atoms with Crippen LogP contribution >= 0.6 is 0 Å². The normalized spacial score (nSPS) is 14.0. The molecule has 0 aliphatic carbocycles. The number of hydrogen-bond donors (Lipinski definition) is 1. The van der Waals surface area contributed by atoms with Gasteiger partial charge in [0.25, 0.3) is 0 Å². The van der Waals surface area contributed by atoms with Crippen LogP contribution in [-0.4, -0.2) is 20.1 Å². The van der Waals surface area contributed by atoms with E-state index in [1.54, 1.807) is 4.80 Å². The smallest absolute Gasteiger partial charge is 0.146 e. The maximum absolute atomic E-state index is 10.8. The largest absolute Gasteiger partial charge is 0.505 e. The van der Waals surface area contributed by atoms with Crippen molar-refractivity contribution in [2.24, 2.45) is 0 Å². The van der Waals surface area contributed by atoms with Crippen LogP contribution < -0.4 is 0 Å². The molecule has 0 fully saturated rings. The van der Waals surface area contributed by atoms with E-state index in [2.05, 4.69) is 44.0 Å². The minimum atomic E-state index is 0.289. The molecule has 24 heavy (non-hydrogen) atoms. The van der Waals surface area contributed by atoms with E-state index in [1.807, 2.05) is 30.3 Å². The van der Waals surface area contributed by atoms with E-state index >= 15 is 0 Å². The van der Waals surface area contributed by atoms with Crippen LogP contribution in [0.1, 0.15) is 63.5 Å². The summed E-state index contributed by atoms with van der Waals surface area (Å²) < 4.78 is 0. The van der Waals surface area contributed by atoms with Crippen molar-refractivity contribution in [1.82, 2.24) is 15.0 Å². The number of benzene rings is 2. The van der Waals surface area contributed by atoms with Crippen LogP contribution in [0.4, 0.5) is 0 Å². The van der Waals surface area contributed by atoms with Gasteiger partial charge in [-0.3, -0.25) is 0 Å². The summed E-state index contributed by atoms with van der Waals surface area (Å²) >= 11 is 0. The van der Waals surface area contributed by atoms with Crippen molar-refractivity contribution in [2.45, 2.75) is 52.4 Å². The Kier molecular flexibility index (Phi) is 4.56. The number of phenolic OH excluding ortho intramolecular Hbond substituents is 1. The van der Waals surface area contributed by atoms with E-state index in [4.69, 9.17) is 0 Å². The van der Waals surface area contributed by atoms with Gasteiger partial charge in [0.1, 0.15) is 22.5 Å². The van der Waals surface area contributed by atoms with Gasteiger partial charge in [-0.05, 0) is 54.0 Å². The number of phenols is 1. The molecule has 1 heterocycles. The zero-order valence-electron chi connectivity index (χ0n) is 14.8. The Labute approximate surface area is 143 Å². The Morgan fingerprint density at radius 2 is 1.54 bits per heavy atom. The van der Waals surface area contributed by atoms with Crippen molar-refractivity contribution < 1.29 is 5.11 Å². The van der Waals surface area contributed by atoms with Gasteiger partial charge in [-0.1, -0.05) is 45.9 Å². The first-order valence-electron chi connectivity index (χ1n) is 8.74. The third-order valence-corrected chi connectivity index (χ3v) is 4.97. The van der Waals surface area contributed by atoms with Crippen molar-refractivity contribution >= 4 is 11.0 Å². The van der Waals surface area contributed by atoms with Crippen molar-refractivity contribution in [2.75, 3.05) is 0 Å². The van der Waals surface area contributed by atoms with Crippen LogP contribution in [0, 0.1) is 0 Å². The van der Waals surface area contributed by atoms with Crippen molar-refractivity contribution in [1.29, 1.82) is 0 Å². The topological polar surface area (TPSA) is 50.9 Å². The average Bonchev–Trinajstić information content (AvgIpc) is 3.04. The Bertz CT molecular complexity index is 820. The van der Waals surface area contributed by atoms with Crippen LogP contribution in [0.25, 0.3) is 16.7 Å². The summed E-state index contributed by atoms with van der Waals surface area (Å²) in [5, 5.41) is 19.9. The van der Waals surface area contributed by atoms with Gasteiger partial charge in [-0.2, -0.15) is 0 Å². The number of hydrogen-bond acceptors (Lipinski definition) is 3. The first-order chi connectivity index (χ1) is 11.5. The highest BCUT2D eigenvalue weighted by Gasteiger charge is 2.19. The fraction of sp³-hybridized carbons (Fsp3) is 0.400. The highest BCUT2D eigenvalue weighted by molar-refractivity contribution is 5.73. The predicted molar refractivity (Wildman–Crippen MR) is 97.9 cm³/mol. The molecule has 2 atom stereocenters. The summed E-state index contributed by atoms with van der Waals surface area (Å²) in [7, 11) is 0. The third-order valence-electron chi connectivity index (χ3n) is 4.97. The van der Waals surface area contributed by atoms with Crippen LogP contribution in [0.15, 0.2) is 36.4 Å². The molecule has 1 N–H and O–H groups in total. The van der Waals surface area contributed by atoms with E-state index in [1.165, 1.54) is 5.56 Å². The van der Waals surface area contributed by atoms with Crippen LogP contribution in [-0.2, 0) is 0 Å². The fourth-order valence-corrected chi connectivity index (χ4v) is 2.90. The van der Waals surface area contributed by atoms with Gasteiger partial charge in [0.2, 0.25) is 0 Å². The predicted octanol–water partition coefficient (Wildman–Crippen LogP) is 5.15. The lowest BCUT2D eigenvalue weighted by atomic mass is 9.90. The molecule has 4 nitrogen and oxygen atoms in total. The van der Waals surface area contributed by atoms with Gasteiger partial charge in [-0.15, -0.1) is 15.0 Å².